The first-order chi connectivity index (χ1) is 5.16. The van der Waals surface area contributed by atoms with Crippen LogP contribution in [-0.4, -0.2) is 21.1 Å². The van der Waals surface area contributed by atoms with Crippen molar-refractivity contribution in [2.24, 2.45) is 4.36 Å². The molecule has 0 fully saturated rings. The molecule has 0 spiro atoms. The summed E-state index contributed by atoms with van der Waals surface area (Å²) in [6.45, 7) is 2.33. The van der Waals surface area contributed by atoms with Gasteiger partial charge in [0.1, 0.15) is 0 Å². The molecule has 0 aromatic carbocycles. The van der Waals surface area contributed by atoms with Crippen molar-refractivity contribution < 1.29 is 18.0 Å². The number of carbonyl (C=O) groups is 1. The van der Waals surface area contributed by atoms with E-state index >= 15 is 0 Å². The van der Waals surface area contributed by atoms with Crippen molar-refractivity contribution in [3.63, 3.8) is 0 Å². The lowest BCUT2D eigenvalue weighted by atomic mass is 10.5. The molecule has 1 amide bonds. The maximum atomic E-state index is 10.3. The van der Waals surface area contributed by atoms with Crippen molar-refractivity contribution in [1.29, 1.82) is 0 Å². The standard InChI is InChI=1S/C4H8N2O4S/c1-2-3-5-10-4(7)6-11(8)9/h5H,2-3H2,1H3. The molecule has 0 saturated heterocycles. The molecule has 0 aliphatic carbocycles. The van der Waals surface area contributed by atoms with Crippen molar-refractivity contribution in [3.8, 4) is 0 Å². The molecule has 0 saturated carbocycles. The molecule has 0 bridgehead atoms. The van der Waals surface area contributed by atoms with E-state index in [1.807, 2.05) is 6.92 Å². The molecule has 6 nitrogen and oxygen atoms in total. The maximum absolute atomic E-state index is 10.3. The van der Waals surface area contributed by atoms with Crippen LogP contribution in [0.1, 0.15) is 13.3 Å². The van der Waals surface area contributed by atoms with Gasteiger partial charge in [0.05, 0.1) is 0 Å². The number of rotatable bonds is 3. The highest BCUT2D eigenvalue weighted by molar-refractivity contribution is 7.62. The van der Waals surface area contributed by atoms with E-state index in [0.717, 1.165) is 6.42 Å². The zero-order valence-electron chi connectivity index (χ0n) is 5.90. The molecule has 64 valence electrons. The topological polar surface area (TPSA) is 84.8 Å². The van der Waals surface area contributed by atoms with Crippen LogP contribution < -0.4 is 5.48 Å². The van der Waals surface area contributed by atoms with E-state index in [2.05, 4.69) is 14.7 Å². The summed E-state index contributed by atoms with van der Waals surface area (Å²) in [6.07, 6.45) is -0.389. The number of amides is 1. The number of hydrogen-bond acceptors (Lipinski definition) is 5. The van der Waals surface area contributed by atoms with E-state index in [1.54, 1.807) is 0 Å². The monoisotopic (exact) mass is 180 g/mol. The van der Waals surface area contributed by atoms with Crippen molar-refractivity contribution in [1.82, 2.24) is 5.48 Å². The lowest BCUT2D eigenvalue weighted by Crippen LogP contribution is -2.18. The van der Waals surface area contributed by atoms with Crippen molar-refractivity contribution in [3.05, 3.63) is 0 Å². The Kier molecular flexibility index (Phi) is 5.30. The van der Waals surface area contributed by atoms with Crippen LogP contribution in [0, 0.1) is 0 Å². The molecule has 0 aliphatic heterocycles. The Balaban J connectivity index is 3.63. The van der Waals surface area contributed by atoms with Crippen LogP contribution in [-0.2, 0) is 15.3 Å². The second kappa shape index (κ2) is 5.81. The van der Waals surface area contributed by atoms with Crippen molar-refractivity contribution >= 4 is 16.6 Å². The summed E-state index contributed by atoms with van der Waals surface area (Å²) >= 11 is 0. The van der Waals surface area contributed by atoms with Crippen LogP contribution in [0.25, 0.3) is 0 Å². The highest BCUT2D eigenvalue weighted by Gasteiger charge is 1.97. The highest BCUT2D eigenvalue weighted by Crippen LogP contribution is 1.79. The number of nitrogens with one attached hydrogen (secondary N) is 1. The molecule has 0 heterocycles. The Morgan fingerprint density at radius 3 is 2.73 bits per heavy atom. The van der Waals surface area contributed by atoms with Crippen LogP contribution in [0.5, 0.6) is 0 Å². The molecular weight excluding hydrogens is 172 g/mol. The molecule has 11 heavy (non-hydrogen) atoms. The molecule has 7 heteroatoms. The zero-order chi connectivity index (χ0) is 8.69. The molecule has 0 aliphatic rings. The van der Waals surface area contributed by atoms with E-state index in [0.29, 0.717) is 6.54 Å². The van der Waals surface area contributed by atoms with E-state index in [4.69, 9.17) is 0 Å². The smallest absolute Gasteiger partial charge is 0.352 e. The zero-order valence-corrected chi connectivity index (χ0v) is 6.72. The lowest BCUT2D eigenvalue weighted by Gasteiger charge is -1.97. The maximum Gasteiger partial charge on any atom is 0.467 e. The SMILES string of the molecule is CCCNOC(=O)N=S(=O)=O. The summed E-state index contributed by atoms with van der Waals surface area (Å²) in [6, 6.07) is 0. The molecule has 0 unspecified atom stereocenters. The van der Waals surface area contributed by atoms with Gasteiger partial charge in [-0.1, -0.05) is 11.3 Å². The van der Waals surface area contributed by atoms with Crippen LogP contribution in [0.4, 0.5) is 4.79 Å². The third-order valence-corrected chi connectivity index (χ3v) is 0.959. The third-order valence-electron chi connectivity index (χ3n) is 0.661. The minimum absolute atomic E-state index is 0.465. The van der Waals surface area contributed by atoms with Gasteiger partial charge in [0.2, 0.25) is 0 Å². The Bertz CT molecular complexity index is 237. The number of nitrogens with zero attached hydrogens (tertiary/aromatic N) is 1. The van der Waals surface area contributed by atoms with Crippen LogP contribution in [0.3, 0.4) is 0 Å². The molecule has 0 rings (SSSR count). The Morgan fingerprint density at radius 2 is 2.27 bits per heavy atom. The van der Waals surface area contributed by atoms with Gasteiger partial charge in [-0.25, -0.2) is 4.79 Å². The minimum Gasteiger partial charge on any atom is -0.352 e. The second-order valence-corrected chi connectivity index (χ2v) is 2.19. The molecule has 0 atom stereocenters. The van der Waals surface area contributed by atoms with Crippen LogP contribution in [0.15, 0.2) is 4.36 Å². The van der Waals surface area contributed by atoms with Gasteiger partial charge in [0.15, 0.2) is 0 Å². The molecule has 0 radical (unpaired) electrons. The fourth-order valence-electron chi connectivity index (χ4n) is 0.294. The first-order valence-corrected chi connectivity index (χ1v) is 3.94. The normalized spacial score (nSPS) is 8.82. The molecule has 0 aromatic heterocycles. The molecular formula is C4H8N2O4S. The van der Waals surface area contributed by atoms with E-state index in [1.165, 1.54) is 0 Å². The van der Waals surface area contributed by atoms with Gasteiger partial charge in [-0.15, -0.1) is 0 Å². The van der Waals surface area contributed by atoms with E-state index in [-0.39, 0.29) is 0 Å². The third kappa shape index (κ3) is 6.94. The van der Waals surface area contributed by atoms with Gasteiger partial charge in [0.25, 0.3) is 0 Å². The van der Waals surface area contributed by atoms with Crippen molar-refractivity contribution in [2.75, 3.05) is 6.54 Å². The first-order valence-electron chi connectivity index (χ1n) is 2.91. The minimum atomic E-state index is -2.74. The summed E-state index contributed by atoms with van der Waals surface area (Å²) in [5.41, 5.74) is 2.22. The van der Waals surface area contributed by atoms with Crippen LogP contribution in [0.2, 0.25) is 0 Å². The van der Waals surface area contributed by atoms with E-state index in [9.17, 15) is 13.2 Å². The summed E-state index contributed by atoms with van der Waals surface area (Å²) in [4.78, 5) is 14.4. The van der Waals surface area contributed by atoms with Gasteiger partial charge in [0, 0.05) is 6.54 Å². The fourth-order valence-corrected chi connectivity index (χ4v) is 0.453. The predicted octanol–water partition coefficient (Wildman–Crippen LogP) is 0.100. The van der Waals surface area contributed by atoms with Gasteiger partial charge in [-0.3, -0.25) is 0 Å². The summed E-state index contributed by atoms with van der Waals surface area (Å²) in [7, 11) is -2.74. The molecule has 0 aromatic rings. The van der Waals surface area contributed by atoms with Crippen LogP contribution >= 0.6 is 0 Å². The summed E-state index contributed by atoms with van der Waals surface area (Å²) in [5.74, 6) is 0. The van der Waals surface area contributed by atoms with Gasteiger partial charge < -0.3 is 4.84 Å². The average Bonchev–Trinajstić information content (AvgIpc) is 1.86. The number of hydroxylamine groups is 1. The average molecular weight is 180 g/mol. The van der Waals surface area contributed by atoms with Gasteiger partial charge in [-0.05, 0) is 6.42 Å². The summed E-state index contributed by atoms with van der Waals surface area (Å²) in [5, 5.41) is 0. The van der Waals surface area contributed by atoms with E-state index < -0.39 is 16.6 Å². The van der Waals surface area contributed by atoms with Gasteiger partial charge >= 0.3 is 16.6 Å². The highest BCUT2D eigenvalue weighted by atomic mass is 32.2. The number of carbonyl (C=O) groups excluding carboxylic acids is 1. The fraction of sp³-hybridized carbons (Fsp3) is 0.750. The quantitative estimate of drug-likeness (QED) is 0.491. The lowest BCUT2D eigenvalue weighted by molar-refractivity contribution is 0.0997. The Morgan fingerprint density at radius 1 is 1.64 bits per heavy atom. The Hall–Kier alpha value is -0.950. The predicted molar refractivity (Wildman–Crippen MR) is 36.1 cm³/mol. The largest absolute Gasteiger partial charge is 0.467 e. The Labute approximate surface area is 65.2 Å². The van der Waals surface area contributed by atoms with Crippen molar-refractivity contribution in [2.45, 2.75) is 13.3 Å². The number of hydrogen-bond donors (Lipinski definition) is 1. The summed E-state index contributed by atoms with van der Waals surface area (Å²) < 4.78 is 22.0. The first kappa shape index (κ1) is 10.0. The van der Waals surface area contributed by atoms with Gasteiger partial charge in [-0.2, -0.15) is 13.9 Å². The second-order valence-electron chi connectivity index (χ2n) is 1.57. The molecule has 1 N–H and O–H groups in total.